The molecule has 1 unspecified atom stereocenters. The molecule has 0 aliphatic carbocycles. The first-order valence-corrected chi connectivity index (χ1v) is 14.6. The van der Waals surface area contributed by atoms with Crippen molar-refractivity contribution in [2.75, 3.05) is 13.2 Å². The molecular formula is C30H41N2O3P. The van der Waals surface area contributed by atoms with Crippen LogP contribution >= 0.6 is 8.25 Å². The van der Waals surface area contributed by atoms with Gasteiger partial charge in [0.15, 0.2) is 0 Å². The Bertz CT molecular complexity index is 1090. The van der Waals surface area contributed by atoms with Gasteiger partial charge < -0.3 is 14.7 Å². The van der Waals surface area contributed by atoms with E-state index in [2.05, 4.69) is 73.8 Å². The van der Waals surface area contributed by atoms with Gasteiger partial charge in [-0.1, -0.05) is 94.1 Å². The molecule has 3 rings (SSSR count). The number of rotatable bonds is 16. The monoisotopic (exact) mass is 508 g/mol. The minimum Gasteiger partial charge on any atom is -0.326 e. The maximum Gasteiger partial charge on any atom is 0.316 e. The fourth-order valence-electron chi connectivity index (χ4n) is 4.50. The number of benzene rings is 2. The maximum atomic E-state index is 10.7. The highest BCUT2D eigenvalue weighted by Crippen LogP contribution is 2.33. The van der Waals surface area contributed by atoms with E-state index in [4.69, 9.17) is 14.4 Å². The number of nitrogens with zero attached hydrogens (tertiary/aromatic N) is 1. The van der Waals surface area contributed by atoms with Crippen molar-refractivity contribution in [1.82, 2.24) is 10.3 Å². The van der Waals surface area contributed by atoms with Crippen molar-refractivity contribution >= 4 is 8.25 Å². The molecule has 0 bridgehead atoms. The van der Waals surface area contributed by atoms with Gasteiger partial charge in [-0.25, -0.2) is 0 Å². The second kappa shape index (κ2) is 15.7. The summed E-state index contributed by atoms with van der Waals surface area (Å²) < 4.78 is 15.4. The first-order chi connectivity index (χ1) is 17.6. The van der Waals surface area contributed by atoms with Gasteiger partial charge in [0.2, 0.25) is 0 Å². The minimum atomic E-state index is -2.85. The topological polar surface area (TPSA) is 71.5 Å². The summed E-state index contributed by atoms with van der Waals surface area (Å²) in [7, 11) is -2.85. The first kappa shape index (κ1) is 28.3. The van der Waals surface area contributed by atoms with Crippen LogP contribution in [0.3, 0.4) is 0 Å². The molecule has 0 saturated heterocycles. The largest absolute Gasteiger partial charge is 0.326 e. The van der Waals surface area contributed by atoms with Gasteiger partial charge >= 0.3 is 8.25 Å². The molecule has 1 atom stereocenters. The van der Waals surface area contributed by atoms with Crippen LogP contribution in [0.1, 0.15) is 69.2 Å². The molecule has 0 aliphatic rings. The summed E-state index contributed by atoms with van der Waals surface area (Å²) in [5.74, 6) is 0. The summed E-state index contributed by atoms with van der Waals surface area (Å²) in [5.41, 5.74) is 8.40. The van der Waals surface area contributed by atoms with Crippen molar-refractivity contribution in [3.63, 3.8) is 0 Å². The Kier molecular flexibility index (Phi) is 12.4. The van der Waals surface area contributed by atoms with Crippen LogP contribution < -0.4 is 5.32 Å². The van der Waals surface area contributed by atoms with Crippen molar-refractivity contribution in [1.29, 1.82) is 0 Å². The van der Waals surface area contributed by atoms with Gasteiger partial charge in [0.05, 0.1) is 18.0 Å². The van der Waals surface area contributed by atoms with E-state index in [1.54, 1.807) is 0 Å². The highest BCUT2D eigenvalue weighted by atomic mass is 31.1. The zero-order valence-electron chi connectivity index (χ0n) is 21.8. The van der Waals surface area contributed by atoms with E-state index >= 15 is 0 Å². The summed E-state index contributed by atoms with van der Waals surface area (Å²) >= 11 is 0. The average Bonchev–Trinajstić information content (AvgIpc) is 2.90. The zero-order valence-corrected chi connectivity index (χ0v) is 22.8. The van der Waals surface area contributed by atoms with Crippen molar-refractivity contribution < 1.29 is 14.0 Å². The molecule has 194 valence electrons. The third-order valence-electron chi connectivity index (χ3n) is 6.37. The standard InChI is InChI=1S/C30H41N2O3P/c1-3-5-6-8-13-24-16-17-27(22-26(24)12-4-2)29-19-18-28(23-31-20-11-21-35-36(33)34)32-30(29)25-14-9-7-10-15-25/h7,9-10,14-19,22,31,36H,3-6,8,11-13,20-21,23H2,1-2H3,(H,33,34). The lowest BCUT2D eigenvalue weighted by atomic mass is 9.92. The molecule has 0 amide bonds. The number of unbranched alkanes of at least 4 members (excludes halogenated alkanes) is 3. The number of nitrogens with one attached hydrogen (secondary N) is 1. The number of pyridine rings is 1. The van der Waals surface area contributed by atoms with Gasteiger partial charge in [0, 0.05) is 17.7 Å². The Labute approximate surface area is 217 Å². The smallest absolute Gasteiger partial charge is 0.316 e. The highest BCUT2D eigenvalue weighted by molar-refractivity contribution is 7.32. The van der Waals surface area contributed by atoms with Gasteiger partial charge in [-0.15, -0.1) is 0 Å². The molecule has 36 heavy (non-hydrogen) atoms. The average molecular weight is 509 g/mol. The SMILES string of the molecule is CCCCCCc1ccc(-c2ccc(CNCCCO[PH](=O)O)nc2-c2ccccc2)cc1CCC. The quantitative estimate of drug-likeness (QED) is 0.156. The van der Waals surface area contributed by atoms with Crippen LogP contribution in [0.25, 0.3) is 22.4 Å². The van der Waals surface area contributed by atoms with Crippen molar-refractivity contribution in [2.45, 2.75) is 71.8 Å². The first-order valence-electron chi connectivity index (χ1n) is 13.4. The third kappa shape index (κ3) is 8.97. The van der Waals surface area contributed by atoms with Gasteiger partial charge in [-0.05, 0) is 55.0 Å². The summed E-state index contributed by atoms with van der Waals surface area (Å²) in [4.78, 5) is 13.8. The van der Waals surface area contributed by atoms with Crippen molar-refractivity contribution in [2.24, 2.45) is 0 Å². The van der Waals surface area contributed by atoms with Gasteiger partial charge in [-0.3, -0.25) is 9.55 Å². The molecule has 0 saturated carbocycles. The van der Waals surface area contributed by atoms with Crippen LogP contribution in [0.5, 0.6) is 0 Å². The number of hydrogen-bond donors (Lipinski definition) is 2. The Balaban J connectivity index is 1.82. The molecule has 1 aromatic heterocycles. The van der Waals surface area contributed by atoms with E-state index in [1.165, 1.54) is 42.4 Å². The Morgan fingerprint density at radius 2 is 1.69 bits per heavy atom. The Hall–Kier alpha value is -2.30. The molecule has 1 heterocycles. The molecule has 5 nitrogen and oxygen atoms in total. The lowest BCUT2D eigenvalue weighted by molar-refractivity contribution is 0.276. The second-order valence-electron chi connectivity index (χ2n) is 9.25. The van der Waals surface area contributed by atoms with Gasteiger partial charge in [0.1, 0.15) is 0 Å². The van der Waals surface area contributed by atoms with E-state index in [1.807, 2.05) is 6.07 Å². The lowest BCUT2D eigenvalue weighted by Gasteiger charge is -2.15. The predicted molar refractivity (Wildman–Crippen MR) is 150 cm³/mol. The number of aromatic nitrogens is 1. The van der Waals surface area contributed by atoms with E-state index in [-0.39, 0.29) is 6.61 Å². The Morgan fingerprint density at radius 3 is 2.44 bits per heavy atom. The molecule has 3 aromatic rings. The van der Waals surface area contributed by atoms with Crippen LogP contribution in [0.15, 0.2) is 60.7 Å². The highest BCUT2D eigenvalue weighted by Gasteiger charge is 2.13. The summed E-state index contributed by atoms with van der Waals surface area (Å²) in [5, 5.41) is 3.36. The number of hydrogen-bond acceptors (Lipinski definition) is 4. The lowest BCUT2D eigenvalue weighted by Crippen LogP contribution is -2.17. The summed E-state index contributed by atoms with van der Waals surface area (Å²) in [6.45, 7) is 6.11. The molecule has 0 radical (unpaired) electrons. The van der Waals surface area contributed by atoms with Crippen LogP contribution in [0.4, 0.5) is 0 Å². The van der Waals surface area contributed by atoms with Crippen LogP contribution in [-0.4, -0.2) is 23.0 Å². The molecular weight excluding hydrogens is 467 g/mol. The zero-order chi connectivity index (χ0) is 25.6. The van der Waals surface area contributed by atoms with Gasteiger partial charge in [-0.2, -0.15) is 0 Å². The van der Waals surface area contributed by atoms with Gasteiger partial charge in [0.25, 0.3) is 0 Å². The van der Waals surface area contributed by atoms with Crippen LogP contribution in [0.2, 0.25) is 0 Å². The predicted octanol–water partition coefficient (Wildman–Crippen LogP) is 7.37. The molecule has 2 N–H and O–H groups in total. The Morgan fingerprint density at radius 1 is 0.861 bits per heavy atom. The summed E-state index contributed by atoms with van der Waals surface area (Å²) in [6.07, 6.45) is 9.21. The van der Waals surface area contributed by atoms with Crippen molar-refractivity contribution in [3.8, 4) is 22.4 Å². The van der Waals surface area contributed by atoms with E-state index in [9.17, 15) is 4.57 Å². The minimum absolute atomic E-state index is 0.275. The van der Waals surface area contributed by atoms with Crippen LogP contribution in [-0.2, 0) is 28.5 Å². The normalized spacial score (nSPS) is 12.1. The number of aryl methyl sites for hydroxylation is 2. The van der Waals surface area contributed by atoms with Crippen LogP contribution in [0, 0.1) is 0 Å². The van der Waals surface area contributed by atoms with E-state index in [0.717, 1.165) is 41.8 Å². The summed E-state index contributed by atoms with van der Waals surface area (Å²) in [6, 6.07) is 21.6. The fourth-order valence-corrected chi connectivity index (χ4v) is 4.82. The van der Waals surface area contributed by atoms with E-state index < -0.39 is 8.25 Å². The molecule has 0 aliphatic heterocycles. The van der Waals surface area contributed by atoms with Crippen molar-refractivity contribution in [3.05, 3.63) is 77.5 Å². The molecule has 2 aromatic carbocycles. The maximum absolute atomic E-state index is 10.7. The second-order valence-corrected chi connectivity index (χ2v) is 10.1. The molecule has 6 heteroatoms. The molecule has 0 spiro atoms. The fraction of sp³-hybridized carbons (Fsp3) is 0.433. The third-order valence-corrected chi connectivity index (χ3v) is 6.82. The molecule has 0 fully saturated rings. The van der Waals surface area contributed by atoms with E-state index in [0.29, 0.717) is 19.5 Å².